The predicted molar refractivity (Wildman–Crippen MR) is 263 cm³/mol. The summed E-state index contributed by atoms with van der Waals surface area (Å²) >= 11 is 0. The zero-order chi connectivity index (χ0) is 41.0. The van der Waals surface area contributed by atoms with Crippen LogP contribution in [0.2, 0.25) is 0 Å². The average molecular weight is 790 g/mol. The summed E-state index contributed by atoms with van der Waals surface area (Å²) in [6, 6.07) is 85.6. The van der Waals surface area contributed by atoms with E-state index in [4.69, 9.17) is 4.42 Å². The third-order valence-electron chi connectivity index (χ3n) is 12.4. The molecule has 12 aromatic rings. The highest BCUT2D eigenvalue weighted by Crippen LogP contribution is 2.42. The Bertz CT molecular complexity index is 3650. The Hall–Kier alpha value is -8.20. The van der Waals surface area contributed by atoms with Gasteiger partial charge in [0.25, 0.3) is 0 Å². The zero-order valence-electron chi connectivity index (χ0n) is 33.9. The molecule has 1 aromatic heterocycles. The molecule has 11 aromatic carbocycles. The van der Waals surface area contributed by atoms with Gasteiger partial charge in [-0.1, -0.05) is 170 Å². The van der Waals surface area contributed by atoms with E-state index in [-0.39, 0.29) is 0 Å². The van der Waals surface area contributed by atoms with E-state index in [1.165, 1.54) is 65.7 Å². The van der Waals surface area contributed by atoms with Gasteiger partial charge in [-0.15, -0.1) is 0 Å². The third-order valence-corrected chi connectivity index (χ3v) is 12.4. The van der Waals surface area contributed by atoms with Crippen molar-refractivity contribution >= 4 is 71.3 Å². The predicted octanol–water partition coefficient (Wildman–Crippen LogP) is 17.2. The fraction of sp³-hybridized carbons (Fsp3) is 0. The van der Waals surface area contributed by atoms with E-state index in [0.29, 0.717) is 0 Å². The van der Waals surface area contributed by atoms with E-state index in [2.05, 4.69) is 229 Å². The Morgan fingerprint density at radius 3 is 1.61 bits per heavy atom. The van der Waals surface area contributed by atoms with E-state index in [1.54, 1.807) is 0 Å². The molecule has 0 N–H and O–H groups in total. The van der Waals surface area contributed by atoms with E-state index in [0.717, 1.165) is 50.1 Å². The van der Waals surface area contributed by atoms with Crippen molar-refractivity contribution in [2.24, 2.45) is 0 Å². The smallest absolute Gasteiger partial charge is 0.136 e. The van der Waals surface area contributed by atoms with Crippen LogP contribution in [0.1, 0.15) is 0 Å². The molecule has 0 aliphatic carbocycles. The Morgan fingerprint density at radius 2 is 0.774 bits per heavy atom. The maximum atomic E-state index is 6.33. The molecule has 0 spiro atoms. The number of furan rings is 1. The van der Waals surface area contributed by atoms with Crippen LogP contribution in [0.3, 0.4) is 0 Å². The van der Waals surface area contributed by atoms with Crippen molar-refractivity contribution in [2.75, 3.05) is 4.90 Å². The van der Waals surface area contributed by atoms with Gasteiger partial charge >= 0.3 is 0 Å². The van der Waals surface area contributed by atoms with Crippen LogP contribution in [0.4, 0.5) is 17.1 Å². The second-order valence-corrected chi connectivity index (χ2v) is 16.1. The molecule has 0 amide bonds. The monoisotopic (exact) mass is 789 g/mol. The van der Waals surface area contributed by atoms with Crippen LogP contribution in [0.15, 0.2) is 241 Å². The first-order chi connectivity index (χ1) is 30.7. The highest BCUT2D eigenvalue weighted by atomic mass is 16.3. The molecule has 0 fully saturated rings. The van der Waals surface area contributed by atoms with Gasteiger partial charge in [0, 0.05) is 27.8 Å². The molecule has 2 nitrogen and oxygen atoms in total. The number of para-hydroxylation sites is 1. The lowest BCUT2D eigenvalue weighted by Gasteiger charge is -2.27. The lowest BCUT2D eigenvalue weighted by molar-refractivity contribution is 0.669. The highest BCUT2D eigenvalue weighted by Gasteiger charge is 2.17. The van der Waals surface area contributed by atoms with Gasteiger partial charge in [0.05, 0.1) is 0 Å². The van der Waals surface area contributed by atoms with Gasteiger partial charge in [-0.2, -0.15) is 0 Å². The van der Waals surface area contributed by atoms with Crippen molar-refractivity contribution < 1.29 is 4.42 Å². The summed E-state index contributed by atoms with van der Waals surface area (Å²) in [7, 11) is 0. The zero-order valence-corrected chi connectivity index (χ0v) is 33.9. The van der Waals surface area contributed by atoms with Gasteiger partial charge in [-0.05, 0) is 144 Å². The van der Waals surface area contributed by atoms with E-state index in [1.807, 2.05) is 12.1 Å². The normalized spacial score (nSPS) is 11.5. The maximum Gasteiger partial charge on any atom is 0.136 e. The summed E-state index contributed by atoms with van der Waals surface area (Å²) in [5, 5.41) is 9.79. The Kier molecular flexibility index (Phi) is 8.53. The summed E-state index contributed by atoms with van der Waals surface area (Å²) in [5.41, 5.74) is 14.4. The quantitative estimate of drug-likeness (QED) is 0.150. The SMILES string of the molecule is c1cc(-c2ccc(N(c3cccc(-c4ccc5c(c4)oc4ccccc45)c3)c3cccc(-c4cccc5c4ccc4ccccc45)c3)cc2)cc(-c2ccc3ccccc3c2)c1. The molecule has 2 heteroatoms. The number of fused-ring (bicyclic) bond motifs is 7. The number of hydrogen-bond acceptors (Lipinski definition) is 2. The molecule has 62 heavy (non-hydrogen) atoms. The third kappa shape index (κ3) is 6.29. The van der Waals surface area contributed by atoms with Crippen LogP contribution >= 0.6 is 0 Å². The van der Waals surface area contributed by atoms with Gasteiger partial charge < -0.3 is 9.32 Å². The summed E-state index contributed by atoms with van der Waals surface area (Å²) in [5.74, 6) is 0. The molecular formula is C60H39NO. The molecule has 0 saturated heterocycles. The molecule has 0 unspecified atom stereocenters. The molecular weight excluding hydrogens is 751 g/mol. The van der Waals surface area contributed by atoms with Crippen molar-refractivity contribution in [1.29, 1.82) is 0 Å². The van der Waals surface area contributed by atoms with E-state index < -0.39 is 0 Å². The fourth-order valence-corrected chi connectivity index (χ4v) is 9.33. The topological polar surface area (TPSA) is 16.4 Å². The van der Waals surface area contributed by atoms with Gasteiger partial charge in [-0.25, -0.2) is 0 Å². The lowest BCUT2D eigenvalue weighted by atomic mass is 9.94. The van der Waals surface area contributed by atoms with E-state index in [9.17, 15) is 0 Å². The van der Waals surface area contributed by atoms with Gasteiger partial charge in [0.1, 0.15) is 11.2 Å². The summed E-state index contributed by atoms with van der Waals surface area (Å²) < 4.78 is 6.33. The second kappa shape index (κ2) is 14.8. The van der Waals surface area contributed by atoms with Crippen molar-refractivity contribution in [2.45, 2.75) is 0 Å². The van der Waals surface area contributed by atoms with Gasteiger partial charge in [0.15, 0.2) is 0 Å². The molecule has 1 heterocycles. The van der Waals surface area contributed by atoms with Gasteiger partial charge in [-0.3, -0.25) is 0 Å². The first-order valence-electron chi connectivity index (χ1n) is 21.2. The Labute approximate surface area is 360 Å². The van der Waals surface area contributed by atoms with Crippen LogP contribution in [-0.2, 0) is 0 Å². The number of benzene rings is 11. The minimum Gasteiger partial charge on any atom is -0.456 e. The average Bonchev–Trinajstić information content (AvgIpc) is 3.72. The largest absolute Gasteiger partial charge is 0.456 e. The summed E-state index contributed by atoms with van der Waals surface area (Å²) in [4.78, 5) is 2.38. The van der Waals surface area contributed by atoms with Crippen LogP contribution in [0, 0.1) is 0 Å². The Morgan fingerprint density at radius 1 is 0.242 bits per heavy atom. The molecule has 0 aliphatic rings. The number of anilines is 3. The second-order valence-electron chi connectivity index (χ2n) is 16.1. The van der Waals surface area contributed by atoms with Crippen molar-refractivity contribution in [3.05, 3.63) is 237 Å². The molecule has 12 rings (SSSR count). The minimum atomic E-state index is 0.891. The Balaban J connectivity index is 0.962. The molecule has 0 saturated carbocycles. The van der Waals surface area contributed by atoms with Crippen molar-refractivity contribution in [3.8, 4) is 44.5 Å². The van der Waals surface area contributed by atoms with Crippen LogP contribution in [-0.4, -0.2) is 0 Å². The van der Waals surface area contributed by atoms with Crippen molar-refractivity contribution in [3.63, 3.8) is 0 Å². The first-order valence-corrected chi connectivity index (χ1v) is 21.2. The maximum absolute atomic E-state index is 6.33. The summed E-state index contributed by atoms with van der Waals surface area (Å²) in [6.07, 6.45) is 0. The molecule has 0 aliphatic heterocycles. The number of rotatable bonds is 7. The van der Waals surface area contributed by atoms with Crippen LogP contribution in [0.25, 0.3) is 98.8 Å². The number of hydrogen-bond donors (Lipinski definition) is 0. The minimum absolute atomic E-state index is 0.891. The molecule has 290 valence electrons. The molecule has 0 atom stereocenters. The number of nitrogens with zero attached hydrogens (tertiary/aromatic N) is 1. The standard InChI is InChI=1S/C60H39NO/c1-2-13-43-36-47(26-25-40(43)11-1)45-15-7-14-44(35-45)41-27-31-50(32-28-41)61(51-18-8-16-46(37-51)48-30-34-58-57-21-5-6-24-59(57)62-60(58)39-48)52-19-9-17-49(38-52)54-22-10-23-55-53-20-4-3-12-42(53)29-33-56(54)55/h1-39H. The fourth-order valence-electron chi connectivity index (χ4n) is 9.33. The lowest BCUT2D eigenvalue weighted by Crippen LogP contribution is -2.10. The molecule has 0 radical (unpaired) electrons. The van der Waals surface area contributed by atoms with Crippen LogP contribution in [0.5, 0.6) is 0 Å². The van der Waals surface area contributed by atoms with Crippen molar-refractivity contribution in [1.82, 2.24) is 0 Å². The highest BCUT2D eigenvalue weighted by molar-refractivity contribution is 6.12. The van der Waals surface area contributed by atoms with Crippen LogP contribution < -0.4 is 4.90 Å². The first kappa shape index (κ1) is 35.7. The van der Waals surface area contributed by atoms with E-state index >= 15 is 0 Å². The summed E-state index contributed by atoms with van der Waals surface area (Å²) in [6.45, 7) is 0. The molecule has 0 bridgehead atoms. The van der Waals surface area contributed by atoms with Gasteiger partial charge in [0.2, 0.25) is 0 Å².